The number of esters is 2. The van der Waals surface area contributed by atoms with Crippen LogP contribution >= 0.6 is 0 Å². The molecular weight excluding hydrogens is 793 g/mol. The molecule has 4 aliphatic rings. The SMILES string of the molecule is COC(=O)[C@@H]1Cc2c([nH]c3ccccc23)C2=C(C(=O)c3ccc(OC)cc3)/C(=C3\C(=O)N4C(=C3C(=O)c3ccc(OC)cc3)c3[nH]c5ccccc5c3C[C@H]4C(=O)OC)C(=O)N21. The molecule has 14 heteroatoms. The second kappa shape index (κ2) is 14.3. The molecule has 0 bridgehead atoms. The number of fused-ring (bicyclic) bond motifs is 10. The predicted octanol–water partition coefficient (Wildman–Crippen LogP) is 5.73. The minimum absolute atomic E-state index is 0.00944. The average Bonchev–Trinajstić information content (AvgIpc) is 4.05. The van der Waals surface area contributed by atoms with Crippen LogP contribution in [0, 0.1) is 0 Å². The molecule has 2 amide bonds. The summed E-state index contributed by atoms with van der Waals surface area (Å²) in [6.07, 6.45) is 0.0189. The second-order valence-corrected chi connectivity index (χ2v) is 15.2. The first-order valence-corrected chi connectivity index (χ1v) is 19.7. The Morgan fingerprint density at radius 1 is 0.532 bits per heavy atom. The number of nitrogens with zero attached hydrogens (tertiary/aromatic N) is 2. The number of ether oxygens (including phenoxy) is 4. The molecule has 62 heavy (non-hydrogen) atoms. The maximum Gasteiger partial charge on any atom is 0.329 e. The van der Waals surface area contributed by atoms with Crippen molar-refractivity contribution in [3.63, 3.8) is 0 Å². The van der Waals surface area contributed by atoms with Crippen molar-refractivity contribution in [1.82, 2.24) is 19.8 Å². The molecule has 0 saturated heterocycles. The van der Waals surface area contributed by atoms with E-state index in [0.717, 1.165) is 10.8 Å². The van der Waals surface area contributed by atoms with Gasteiger partial charge >= 0.3 is 11.9 Å². The Balaban J connectivity index is 1.35. The monoisotopic (exact) mass is 828 g/mol. The molecule has 0 saturated carbocycles. The largest absolute Gasteiger partial charge is 0.497 e. The molecule has 4 aromatic carbocycles. The highest BCUT2D eigenvalue weighted by Gasteiger charge is 2.56. The van der Waals surface area contributed by atoms with Crippen molar-refractivity contribution in [2.24, 2.45) is 0 Å². The van der Waals surface area contributed by atoms with Crippen LogP contribution in [0.25, 0.3) is 33.2 Å². The van der Waals surface area contributed by atoms with Gasteiger partial charge in [-0.2, -0.15) is 0 Å². The number of para-hydroxylation sites is 2. The molecule has 0 fully saturated rings. The van der Waals surface area contributed by atoms with Crippen molar-refractivity contribution in [2.45, 2.75) is 24.9 Å². The zero-order valence-corrected chi connectivity index (χ0v) is 33.8. The van der Waals surface area contributed by atoms with Crippen molar-refractivity contribution in [3.8, 4) is 11.5 Å². The van der Waals surface area contributed by atoms with Gasteiger partial charge in [0.05, 0.1) is 73.5 Å². The number of methoxy groups -OCH3 is 4. The van der Waals surface area contributed by atoms with Crippen LogP contribution in [0.5, 0.6) is 11.5 Å². The molecule has 2 N–H and O–H groups in total. The number of carbonyl (C=O) groups excluding carboxylic acids is 6. The Kier molecular flexibility index (Phi) is 8.83. The van der Waals surface area contributed by atoms with Crippen LogP contribution in [0.1, 0.15) is 43.2 Å². The third-order valence-corrected chi connectivity index (χ3v) is 12.2. The van der Waals surface area contributed by atoms with Crippen LogP contribution in [0.2, 0.25) is 0 Å². The molecule has 0 aliphatic carbocycles. The van der Waals surface area contributed by atoms with Crippen LogP contribution in [-0.2, 0) is 41.5 Å². The molecule has 0 spiro atoms. The number of benzene rings is 4. The van der Waals surface area contributed by atoms with Crippen LogP contribution in [0.15, 0.2) is 119 Å². The summed E-state index contributed by atoms with van der Waals surface area (Å²) in [5, 5.41) is 1.51. The predicted molar refractivity (Wildman–Crippen MR) is 225 cm³/mol. The summed E-state index contributed by atoms with van der Waals surface area (Å²) in [6, 6.07) is 24.7. The zero-order valence-electron chi connectivity index (χ0n) is 33.8. The third kappa shape index (κ3) is 5.42. The van der Waals surface area contributed by atoms with Crippen molar-refractivity contribution in [3.05, 3.63) is 153 Å². The first kappa shape index (κ1) is 38.2. The van der Waals surface area contributed by atoms with E-state index in [1.54, 1.807) is 24.3 Å². The van der Waals surface area contributed by atoms with E-state index in [2.05, 4.69) is 9.97 Å². The minimum atomic E-state index is -1.28. The number of rotatable bonds is 8. The van der Waals surface area contributed by atoms with Gasteiger partial charge in [0.2, 0.25) is 0 Å². The van der Waals surface area contributed by atoms with Crippen molar-refractivity contribution in [2.75, 3.05) is 28.4 Å². The van der Waals surface area contributed by atoms with E-state index in [0.29, 0.717) is 45.0 Å². The van der Waals surface area contributed by atoms with Gasteiger partial charge in [0.1, 0.15) is 23.6 Å². The van der Waals surface area contributed by atoms with E-state index in [-0.39, 0.29) is 46.5 Å². The molecule has 2 aromatic heterocycles. The summed E-state index contributed by atoms with van der Waals surface area (Å²) in [5.74, 6) is -3.70. The first-order chi connectivity index (χ1) is 30.1. The number of H-pyrrole nitrogens is 2. The second-order valence-electron chi connectivity index (χ2n) is 15.2. The fourth-order valence-electron chi connectivity index (χ4n) is 9.35. The maximum absolute atomic E-state index is 15.6. The molecule has 10 rings (SSSR count). The summed E-state index contributed by atoms with van der Waals surface area (Å²) in [7, 11) is 5.39. The number of nitrogens with one attached hydrogen (secondary N) is 2. The Morgan fingerprint density at radius 3 is 1.26 bits per heavy atom. The lowest BCUT2D eigenvalue weighted by molar-refractivity contribution is -0.149. The average molecular weight is 829 g/mol. The van der Waals surface area contributed by atoms with E-state index in [1.165, 1.54) is 62.5 Å². The van der Waals surface area contributed by atoms with Crippen molar-refractivity contribution < 1.29 is 47.7 Å². The third-order valence-electron chi connectivity index (χ3n) is 12.2. The number of amides is 2. The number of Topliss-reactive ketones (excluding diaryl/α,β-unsaturated/α-hetero) is 2. The molecule has 6 heterocycles. The van der Waals surface area contributed by atoms with E-state index in [1.807, 2.05) is 48.5 Å². The Bertz CT molecular complexity index is 2890. The summed E-state index contributed by atoms with van der Waals surface area (Å²) in [6.45, 7) is 0. The number of hydrogen-bond acceptors (Lipinski definition) is 10. The van der Waals surface area contributed by atoms with Crippen LogP contribution in [0.3, 0.4) is 0 Å². The Hall–Kier alpha value is -8.00. The van der Waals surface area contributed by atoms with Crippen LogP contribution in [-0.4, -0.2) is 95.6 Å². The number of hydrogen-bond donors (Lipinski definition) is 2. The van der Waals surface area contributed by atoms with Crippen LogP contribution in [0.4, 0.5) is 0 Å². The molecule has 4 aliphatic heterocycles. The van der Waals surface area contributed by atoms with Gasteiger partial charge in [0.25, 0.3) is 11.8 Å². The van der Waals surface area contributed by atoms with Gasteiger partial charge in [0, 0.05) is 45.8 Å². The molecule has 6 aromatic rings. The van der Waals surface area contributed by atoms with E-state index in [9.17, 15) is 9.59 Å². The minimum Gasteiger partial charge on any atom is -0.497 e. The van der Waals surface area contributed by atoms with E-state index in [4.69, 9.17) is 18.9 Å². The van der Waals surface area contributed by atoms with E-state index >= 15 is 19.2 Å². The van der Waals surface area contributed by atoms with Gasteiger partial charge in [-0.3, -0.25) is 29.0 Å². The molecule has 0 unspecified atom stereocenters. The molecule has 308 valence electrons. The quantitative estimate of drug-likeness (QED) is 0.109. The normalized spacial score (nSPS) is 19.1. The topological polar surface area (TPSA) is 177 Å². The van der Waals surface area contributed by atoms with Gasteiger partial charge in [0.15, 0.2) is 11.6 Å². The van der Waals surface area contributed by atoms with Crippen molar-refractivity contribution >= 4 is 68.5 Å². The maximum atomic E-state index is 15.6. The number of ketones is 2. The zero-order chi connectivity index (χ0) is 43.1. The first-order valence-electron chi connectivity index (χ1n) is 19.7. The fourth-order valence-corrected chi connectivity index (χ4v) is 9.35. The molecule has 0 radical (unpaired) electrons. The van der Waals surface area contributed by atoms with Gasteiger partial charge in [-0.1, -0.05) is 36.4 Å². The van der Waals surface area contributed by atoms with Crippen LogP contribution < -0.4 is 9.47 Å². The highest BCUT2D eigenvalue weighted by molar-refractivity contribution is 6.36. The summed E-state index contributed by atoms with van der Waals surface area (Å²) in [4.78, 5) is 98.9. The fraction of sp³-hybridized carbons (Fsp3) is 0.167. The lowest BCUT2D eigenvalue weighted by Crippen LogP contribution is -2.47. The number of aromatic amines is 2. The number of aromatic nitrogens is 2. The Morgan fingerprint density at radius 2 is 0.903 bits per heavy atom. The summed E-state index contributed by atoms with van der Waals surface area (Å²) in [5.41, 5.74) is 2.50. The lowest BCUT2D eigenvalue weighted by Gasteiger charge is -2.33. The highest BCUT2D eigenvalue weighted by atomic mass is 16.5. The smallest absolute Gasteiger partial charge is 0.329 e. The Labute approximate surface area is 353 Å². The van der Waals surface area contributed by atoms with Crippen molar-refractivity contribution in [1.29, 1.82) is 0 Å². The molecule has 14 nitrogen and oxygen atoms in total. The standard InChI is InChI=1S/C48H36N4O10/c1-59-25-17-13-23(14-18-25)43(53)37-35(45(55)51-33(47(57)61-3)21-29-27-9-5-7-11-31(27)49-39(29)41(37)51)36-38(44(54)24-15-19-26(60-2)20-16-24)42-40-30(28-10-6-8-12-32(28)50-40)22-34(48(58)62-4)52(42)46(36)56/h5-20,33-34,49-50H,21-22H2,1-4H3/b36-35+/t33-,34-/m0/s1. The highest BCUT2D eigenvalue weighted by Crippen LogP contribution is 2.52. The molecular formula is C48H36N4O10. The van der Waals surface area contributed by atoms with Gasteiger partial charge in [-0.25, -0.2) is 9.59 Å². The van der Waals surface area contributed by atoms with Gasteiger partial charge in [-0.15, -0.1) is 0 Å². The van der Waals surface area contributed by atoms with E-state index < -0.39 is 58.5 Å². The number of carbonyl (C=O) groups is 6. The lowest BCUT2D eigenvalue weighted by atomic mass is 9.86. The van der Waals surface area contributed by atoms with Gasteiger partial charge in [-0.05, 0) is 71.8 Å². The summed E-state index contributed by atoms with van der Waals surface area (Å²) >= 11 is 0. The molecule has 2 atom stereocenters. The van der Waals surface area contributed by atoms with Gasteiger partial charge < -0.3 is 28.9 Å². The summed E-state index contributed by atoms with van der Waals surface area (Å²) < 4.78 is 21.3.